The minimum Gasteiger partial charge on any atom is -0.464 e. The third-order valence-corrected chi connectivity index (χ3v) is 4.29. The van der Waals surface area contributed by atoms with Crippen molar-refractivity contribution in [2.24, 2.45) is 0 Å². The van der Waals surface area contributed by atoms with Gasteiger partial charge in [-0.15, -0.1) is 0 Å². The zero-order valence-corrected chi connectivity index (χ0v) is 16.6. The highest BCUT2D eigenvalue weighted by Crippen LogP contribution is 2.11. The SMILES string of the molecule is CC(C(=O)OCCCOCCOC(=O)C(C)N1C(=O)C=CC1=O)N1C(=O)C=CC1=O. The molecule has 11 nitrogen and oxygen atoms in total. The number of hydrogen-bond acceptors (Lipinski definition) is 9. The van der Waals surface area contributed by atoms with Gasteiger partial charge >= 0.3 is 11.9 Å². The van der Waals surface area contributed by atoms with E-state index in [-0.39, 0.29) is 26.4 Å². The maximum atomic E-state index is 11.9. The lowest BCUT2D eigenvalue weighted by molar-refractivity contribution is -0.158. The van der Waals surface area contributed by atoms with Crippen molar-refractivity contribution in [2.75, 3.05) is 26.4 Å². The summed E-state index contributed by atoms with van der Waals surface area (Å²) in [6.45, 7) is 3.03. The molecule has 30 heavy (non-hydrogen) atoms. The number of amides is 4. The van der Waals surface area contributed by atoms with Gasteiger partial charge in [-0.05, 0) is 13.8 Å². The zero-order chi connectivity index (χ0) is 22.3. The first-order chi connectivity index (χ1) is 14.2. The number of carbonyl (C=O) groups is 6. The highest BCUT2D eigenvalue weighted by Gasteiger charge is 2.34. The Hall–Kier alpha value is -3.34. The largest absolute Gasteiger partial charge is 0.464 e. The van der Waals surface area contributed by atoms with Gasteiger partial charge in [0.25, 0.3) is 23.6 Å². The molecule has 2 aliphatic rings. The van der Waals surface area contributed by atoms with Crippen molar-refractivity contribution in [2.45, 2.75) is 32.4 Å². The maximum absolute atomic E-state index is 11.9. The van der Waals surface area contributed by atoms with E-state index in [1.54, 1.807) is 0 Å². The van der Waals surface area contributed by atoms with Crippen LogP contribution >= 0.6 is 0 Å². The number of carbonyl (C=O) groups excluding carboxylic acids is 6. The summed E-state index contributed by atoms with van der Waals surface area (Å²) in [4.78, 5) is 71.5. The van der Waals surface area contributed by atoms with E-state index in [1.807, 2.05) is 0 Å². The molecule has 0 saturated heterocycles. The average Bonchev–Trinajstić information content (AvgIpc) is 3.22. The van der Waals surface area contributed by atoms with Gasteiger partial charge in [-0.1, -0.05) is 0 Å². The molecule has 0 aromatic carbocycles. The summed E-state index contributed by atoms with van der Waals surface area (Å²) in [6, 6.07) is -2.06. The quantitative estimate of drug-likeness (QED) is 0.236. The third-order valence-electron chi connectivity index (χ3n) is 4.29. The Balaban J connectivity index is 1.54. The van der Waals surface area contributed by atoms with E-state index in [9.17, 15) is 28.8 Å². The van der Waals surface area contributed by atoms with Crippen molar-refractivity contribution in [3.8, 4) is 0 Å². The molecule has 2 unspecified atom stereocenters. The van der Waals surface area contributed by atoms with Crippen LogP contribution in [0.1, 0.15) is 20.3 Å². The van der Waals surface area contributed by atoms with Crippen molar-refractivity contribution < 1.29 is 43.0 Å². The van der Waals surface area contributed by atoms with Crippen LogP contribution in [0.3, 0.4) is 0 Å². The normalized spacial score (nSPS) is 17.7. The Bertz CT molecular complexity index is 700. The standard InChI is InChI=1S/C19H22N2O9/c1-12(20-14(22)4-5-15(20)23)18(26)29-9-3-8-28-10-11-30-19(27)13(2)21-16(24)6-7-17(21)25/h4-7,12-13H,3,8-11H2,1-2H3. The number of hydrogen-bond donors (Lipinski definition) is 0. The van der Waals surface area contributed by atoms with Crippen LogP contribution in [0.15, 0.2) is 24.3 Å². The molecule has 0 fully saturated rings. The molecule has 0 aliphatic carbocycles. The molecule has 0 radical (unpaired) electrons. The Kier molecular flexibility index (Phi) is 7.98. The van der Waals surface area contributed by atoms with Crippen LogP contribution in [0.2, 0.25) is 0 Å². The molecule has 11 heteroatoms. The molecular weight excluding hydrogens is 400 g/mol. The van der Waals surface area contributed by atoms with E-state index in [0.29, 0.717) is 6.42 Å². The van der Waals surface area contributed by atoms with Crippen molar-refractivity contribution >= 4 is 35.6 Å². The Morgan fingerprint density at radius 2 is 1.10 bits per heavy atom. The topological polar surface area (TPSA) is 137 Å². The Morgan fingerprint density at radius 3 is 1.53 bits per heavy atom. The number of nitrogens with zero attached hydrogens (tertiary/aromatic N) is 2. The van der Waals surface area contributed by atoms with Gasteiger partial charge in [-0.2, -0.15) is 0 Å². The molecule has 162 valence electrons. The average molecular weight is 422 g/mol. The number of rotatable bonds is 11. The van der Waals surface area contributed by atoms with Gasteiger partial charge in [-0.25, -0.2) is 9.59 Å². The van der Waals surface area contributed by atoms with Crippen molar-refractivity contribution in [1.29, 1.82) is 0 Å². The lowest BCUT2D eigenvalue weighted by Gasteiger charge is -2.21. The summed E-state index contributed by atoms with van der Waals surface area (Å²) in [6.07, 6.45) is 4.70. The van der Waals surface area contributed by atoms with Gasteiger partial charge in [-0.3, -0.25) is 29.0 Å². The molecule has 0 N–H and O–H groups in total. The lowest BCUT2D eigenvalue weighted by Crippen LogP contribution is -2.44. The predicted molar refractivity (Wildman–Crippen MR) is 98.3 cm³/mol. The summed E-state index contributed by atoms with van der Waals surface area (Å²) in [5.41, 5.74) is 0. The molecule has 0 saturated carbocycles. The predicted octanol–water partition coefficient (Wildman–Crippen LogP) is -0.893. The van der Waals surface area contributed by atoms with E-state index >= 15 is 0 Å². The number of ether oxygens (including phenoxy) is 3. The summed E-state index contributed by atoms with van der Waals surface area (Å²) in [5.74, 6) is -3.70. The summed E-state index contributed by atoms with van der Waals surface area (Å²) in [7, 11) is 0. The first-order valence-corrected chi connectivity index (χ1v) is 9.25. The van der Waals surface area contributed by atoms with E-state index in [1.165, 1.54) is 13.8 Å². The summed E-state index contributed by atoms with van der Waals surface area (Å²) in [5, 5.41) is 0. The molecule has 2 aliphatic heterocycles. The fraction of sp³-hybridized carbons (Fsp3) is 0.474. The fourth-order valence-corrected chi connectivity index (χ4v) is 2.68. The Labute approximate surface area is 172 Å². The van der Waals surface area contributed by atoms with Gasteiger partial charge in [0, 0.05) is 37.3 Å². The van der Waals surface area contributed by atoms with Crippen LogP contribution < -0.4 is 0 Å². The van der Waals surface area contributed by atoms with Gasteiger partial charge in [0.15, 0.2) is 0 Å². The molecule has 4 amide bonds. The third kappa shape index (κ3) is 5.60. The van der Waals surface area contributed by atoms with Gasteiger partial charge in [0.05, 0.1) is 13.2 Å². The number of esters is 2. The minimum absolute atomic E-state index is 0.0236. The second-order valence-corrected chi connectivity index (χ2v) is 6.41. The first kappa shape index (κ1) is 22.9. The van der Waals surface area contributed by atoms with E-state index in [4.69, 9.17) is 14.2 Å². The zero-order valence-electron chi connectivity index (χ0n) is 16.6. The lowest BCUT2D eigenvalue weighted by atomic mass is 10.3. The van der Waals surface area contributed by atoms with Crippen molar-refractivity contribution in [1.82, 2.24) is 9.80 Å². The molecule has 0 bridgehead atoms. The minimum atomic E-state index is -1.04. The van der Waals surface area contributed by atoms with Gasteiger partial charge in [0.1, 0.15) is 18.7 Å². The van der Waals surface area contributed by atoms with Gasteiger partial charge in [0.2, 0.25) is 0 Å². The summed E-state index contributed by atoms with van der Waals surface area (Å²) < 4.78 is 15.2. The monoisotopic (exact) mass is 422 g/mol. The van der Waals surface area contributed by atoms with Crippen LogP contribution in [0.5, 0.6) is 0 Å². The summed E-state index contributed by atoms with van der Waals surface area (Å²) >= 11 is 0. The van der Waals surface area contributed by atoms with E-state index < -0.39 is 47.7 Å². The molecule has 0 aromatic heterocycles. The molecule has 2 heterocycles. The molecule has 2 atom stereocenters. The molecular formula is C19H22N2O9. The second kappa shape index (κ2) is 10.4. The van der Waals surface area contributed by atoms with Crippen LogP contribution in [0.4, 0.5) is 0 Å². The first-order valence-electron chi connectivity index (χ1n) is 9.25. The van der Waals surface area contributed by atoms with Crippen LogP contribution in [-0.2, 0) is 43.0 Å². The second-order valence-electron chi connectivity index (χ2n) is 6.41. The van der Waals surface area contributed by atoms with E-state index in [2.05, 4.69) is 0 Å². The van der Waals surface area contributed by atoms with E-state index in [0.717, 1.165) is 34.1 Å². The molecule has 0 spiro atoms. The van der Waals surface area contributed by atoms with Crippen LogP contribution in [-0.4, -0.2) is 83.9 Å². The molecule has 2 rings (SSSR count). The smallest absolute Gasteiger partial charge is 0.329 e. The Morgan fingerprint density at radius 1 is 0.700 bits per heavy atom. The highest BCUT2D eigenvalue weighted by atomic mass is 16.6. The van der Waals surface area contributed by atoms with Gasteiger partial charge < -0.3 is 14.2 Å². The van der Waals surface area contributed by atoms with Crippen molar-refractivity contribution in [3.63, 3.8) is 0 Å². The van der Waals surface area contributed by atoms with Crippen molar-refractivity contribution in [3.05, 3.63) is 24.3 Å². The molecule has 0 aromatic rings. The maximum Gasteiger partial charge on any atom is 0.329 e. The fourth-order valence-electron chi connectivity index (χ4n) is 2.68. The van der Waals surface area contributed by atoms with Crippen LogP contribution in [0.25, 0.3) is 0 Å². The highest BCUT2D eigenvalue weighted by molar-refractivity contribution is 6.15. The van der Waals surface area contributed by atoms with Crippen LogP contribution in [0, 0.1) is 0 Å². The number of imide groups is 2.